The Balaban J connectivity index is 2.26. The van der Waals surface area contributed by atoms with E-state index in [9.17, 15) is 14.0 Å². The van der Waals surface area contributed by atoms with Gasteiger partial charge in [0.1, 0.15) is 11.9 Å². The SMILES string of the molecule is COc1ncc(CN(C(=O)OC(C)(C)C)C2N=CC(C=O)C=N2)cc1F. The smallest absolute Gasteiger partial charge is 0.413 e. The number of ether oxygens (including phenoxy) is 2. The third-order valence-electron chi connectivity index (χ3n) is 3.26. The van der Waals surface area contributed by atoms with Crippen LogP contribution in [0.1, 0.15) is 26.3 Å². The zero-order valence-corrected chi connectivity index (χ0v) is 15.0. The number of carbonyl (C=O) groups excluding carboxylic acids is 2. The summed E-state index contributed by atoms with van der Waals surface area (Å²) >= 11 is 0. The number of hydrogen-bond donors (Lipinski definition) is 0. The fraction of sp³-hybridized carbons (Fsp3) is 0.471. The first kappa shape index (κ1) is 19.5. The number of amides is 1. The van der Waals surface area contributed by atoms with Gasteiger partial charge in [-0.05, 0) is 32.4 Å². The molecule has 8 nitrogen and oxygen atoms in total. The molecule has 2 rings (SSSR count). The Kier molecular flexibility index (Phi) is 6.01. The average molecular weight is 364 g/mol. The first-order valence-corrected chi connectivity index (χ1v) is 7.93. The molecule has 0 fully saturated rings. The van der Waals surface area contributed by atoms with Crippen LogP contribution in [-0.2, 0) is 16.1 Å². The van der Waals surface area contributed by atoms with Crippen molar-refractivity contribution in [2.24, 2.45) is 15.9 Å². The summed E-state index contributed by atoms with van der Waals surface area (Å²) in [5, 5.41) is 0. The lowest BCUT2D eigenvalue weighted by Gasteiger charge is -2.30. The molecule has 26 heavy (non-hydrogen) atoms. The molecule has 0 bridgehead atoms. The van der Waals surface area contributed by atoms with Crippen LogP contribution in [0, 0.1) is 11.7 Å². The molecule has 1 aliphatic heterocycles. The molecule has 0 N–H and O–H groups in total. The second-order valence-electron chi connectivity index (χ2n) is 6.60. The van der Waals surface area contributed by atoms with Gasteiger partial charge >= 0.3 is 6.09 Å². The van der Waals surface area contributed by atoms with E-state index in [1.165, 1.54) is 36.7 Å². The van der Waals surface area contributed by atoms with Gasteiger partial charge in [0.25, 0.3) is 0 Å². The molecule has 0 saturated carbocycles. The predicted molar refractivity (Wildman–Crippen MR) is 92.9 cm³/mol. The van der Waals surface area contributed by atoms with Crippen LogP contribution in [0.4, 0.5) is 9.18 Å². The maximum absolute atomic E-state index is 13.9. The third kappa shape index (κ3) is 5.08. The molecule has 0 spiro atoms. The second kappa shape index (κ2) is 8.03. The van der Waals surface area contributed by atoms with Crippen LogP contribution in [0.5, 0.6) is 5.88 Å². The average Bonchev–Trinajstić information content (AvgIpc) is 2.58. The number of aldehydes is 1. The Bertz CT molecular complexity index is 716. The molecule has 0 aromatic carbocycles. The maximum atomic E-state index is 13.9. The number of nitrogens with zero attached hydrogens (tertiary/aromatic N) is 4. The van der Waals surface area contributed by atoms with E-state index in [0.29, 0.717) is 11.8 Å². The molecule has 9 heteroatoms. The Labute approximate surface area is 150 Å². The molecule has 0 saturated heterocycles. The Morgan fingerprint density at radius 2 is 2.00 bits per heavy atom. The van der Waals surface area contributed by atoms with E-state index >= 15 is 0 Å². The highest BCUT2D eigenvalue weighted by molar-refractivity contribution is 6.00. The van der Waals surface area contributed by atoms with Gasteiger partial charge in [0.15, 0.2) is 5.82 Å². The summed E-state index contributed by atoms with van der Waals surface area (Å²) in [5.74, 6) is -1.32. The van der Waals surface area contributed by atoms with Crippen molar-refractivity contribution in [1.82, 2.24) is 9.88 Å². The van der Waals surface area contributed by atoms with Crippen LogP contribution < -0.4 is 4.74 Å². The number of aliphatic imine (C=N–C) groups is 2. The van der Waals surface area contributed by atoms with E-state index in [1.54, 1.807) is 20.8 Å². The van der Waals surface area contributed by atoms with Crippen LogP contribution in [0.2, 0.25) is 0 Å². The van der Waals surface area contributed by atoms with Gasteiger partial charge in [-0.1, -0.05) is 0 Å². The summed E-state index contributed by atoms with van der Waals surface area (Å²) in [5.41, 5.74) is -0.316. The van der Waals surface area contributed by atoms with Crippen molar-refractivity contribution in [3.05, 3.63) is 23.6 Å². The van der Waals surface area contributed by atoms with Gasteiger partial charge in [-0.3, -0.25) is 4.90 Å². The third-order valence-corrected chi connectivity index (χ3v) is 3.26. The molecule has 140 valence electrons. The zero-order valence-electron chi connectivity index (χ0n) is 15.0. The summed E-state index contributed by atoms with van der Waals surface area (Å²) in [6.45, 7) is 5.16. The number of rotatable bonds is 5. The van der Waals surface area contributed by atoms with Crippen molar-refractivity contribution in [3.63, 3.8) is 0 Å². The predicted octanol–water partition coefficient (Wildman–Crippen LogP) is 2.22. The van der Waals surface area contributed by atoms with Crippen LogP contribution >= 0.6 is 0 Å². The summed E-state index contributed by atoms with van der Waals surface area (Å²) in [6.07, 6.45) is 3.29. The maximum Gasteiger partial charge on any atom is 0.413 e. The largest absolute Gasteiger partial charge is 0.479 e. The van der Waals surface area contributed by atoms with Crippen LogP contribution in [0.3, 0.4) is 0 Å². The molecular weight excluding hydrogens is 343 g/mol. The quantitative estimate of drug-likeness (QED) is 0.747. The van der Waals surface area contributed by atoms with Gasteiger partial charge in [-0.2, -0.15) is 0 Å². The van der Waals surface area contributed by atoms with Crippen LogP contribution in [-0.4, -0.2) is 53.7 Å². The summed E-state index contributed by atoms with van der Waals surface area (Å²) in [7, 11) is 1.31. The van der Waals surface area contributed by atoms with Crippen molar-refractivity contribution in [2.45, 2.75) is 39.2 Å². The van der Waals surface area contributed by atoms with E-state index in [-0.39, 0.29) is 12.4 Å². The Hall–Kier alpha value is -2.84. The Morgan fingerprint density at radius 3 is 2.50 bits per heavy atom. The molecule has 0 radical (unpaired) electrons. The second-order valence-corrected chi connectivity index (χ2v) is 6.60. The number of aromatic nitrogens is 1. The molecule has 1 aromatic rings. The van der Waals surface area contributed by atoms with E-state index in [2.05, 4.69) is 15.0 Å². The minimum atomic E-state index is -0.911. The number of halogens is 1. The monoisotopic (exact) mass is 364 g/mol. The van der Waals surface area contributed by atoms with Crippen molar-refractivity contribution >= 4 is 24.8 Å². The minimum absolute atomic E-state index is 0.0338. The molecule has 1 aromatic heterocycles. The Morgan fingerprint density at radius 1 is 1.35 bits per heavy atom. The van der Waals surface area contributed by atoms with Crippen molar-refractivity contribution in [1.29, 1.82) is 0 Å². The van der Waals surface area contributed by atoms with Gasteiger partial charge in [-0.25, -0.2) is 24.2 Å². The van der Waals surface area contributed by atoms with E-state index in [0.717, 1.165) is 0 Å². The van der Waals surface area contributed by atoms with Crippen molar-refractivity contribution in [3.8, 4) is 5.88 Å². The van der Waals surface area contributed by atoms with Gasteiger partial charge < -0.3 is 14.3 Å². The number of carbonyl (C=O) groups is 2. The van der Waals surface area contributed by atoms with Gasteiger partial charge in [0, 0.05) is 18.6 Å². The van der Waals surface area contributed by atoms with Crippen molar-refractivity contribution in [2.75, 3.05) is 7.11 Å². The standard InChI is InChI=1S/C17H21FN4O4/c1-17(2,3)26-16(24)22(15-20-7-12(10-23)8-21-15)9-11-5-13(18)14(25-4)19-6-11/h5-8,10,12,15H,9H2,1-4H3. The highest BCUT2D eigenvalue weighted by Crippen LogP contribution is 2.20. The van der Waals surface area contributed by atoms with E-state index in [1.807, 2.05) is 0 Å². The highest BCUT2D eigenvalue weighted by atomic mass is 19.1. The lowest BCUT2D eigenvalue weighted by Crippen LogP contribution is -2.42. The van der Waals surface area contributed by atoms with Gasteiger partial charge in [0.2, 0.25) is 12.2 Å². The molecular formula is C17H21FN4O4. The lowest BCUT2D eigenvalue weighted by molar-refractivity contribution is -0.108. The minimum Gasteiger partial charge on any atom is -0.479 e. The number of methoxy groups -OCH3 is 1. The van der Waals surface area contributed by atoms with Crippen LogP contribution in [0.25, 0.3) is 0 Å². The number of hydrogen-bond acceptors (Lipinski definition) is 7. The first-order chi connectivity index (χ1) is 12.2. The fourth-order valence-electron chi connectivity index (χ4n) is 2.12. The first-order valence-electron chi connectivity index (χ1n) is 7.93. The molecule has 2 heterocycles. The highest BCUT2D eigenvalue weighted by Gasteiger charge is 2.29. The summed E-state index contributed by atoms with van der Waals surface area (Å²) in [6, 6.07) is 1.22. The van der Waals surface area contributed by atoms with Gasteiger partial charge in [-0.15, -0.1) is 0 Å². The van der Waals surface area contributed by atoms with E-state index < -0.39 is 29.7 Å². The topological polar surface area (TPSA) is 93.5 Å². The van der Waals surface area contributed by atoms with Crippen LogP contribution in [0.15, 0.2) is 22.2 Å². The molecule has 0 unspecified atom stereocenters. The molecule has 1 amide bonds. The molecule has 0 atom stereocenters. The summed E-state index contributed by atoms with van der Waals surface area (Å²) < 4.78 is 24.1. The van der Waals surface area contributed by atoms with Gasteiger partial charge in [0.05, 0.1) is 19.6 Å². The van der Waals surface area contributed by atoms with Crippen molar-refractivity contribution < 1.29 is 23.5 Å². The summed E-state index contributed by atoms with van der Waals surface area (Å²) in [4.78, 5) is 36.7. The molecule has 0 aliphatic carbocycles. The molecule has 1 aliphatic rings. The lowest BCUT2D eigenvalue weighted by atomic mass is 10.2. The normalized spacial score (nSPS) is 19.1. The zero-order chi connectivity index (χ0) is 19.3. The van der Waals surface area contributed by atoms with E-state index in [4.69, 9.17) is 9.47 Å². The number of pyridine rings is 1. The fourth-order valence-corrected chi connectivity index (χ4v) is 2.12.